The number of unbranched alkanes of at least 4 members (excludes halogenated alkanes) is 13. The number of amides is 3. The van der Waals surface area contributed by atoms with Crippen molar-refractivity contribution in [2.24, 2.45) is 0 Å². The van der Waals surface area contributed by atoms with Gasteiger partial charge in [0.1, 0.15) is 17.7 Å². The molecule has 11 nitrogen and oxygen atoms in total. The number of ether oxygens (including phenoxy) is 2. The molecule has 0 unspecified atom stereocenters. The quantitative estimate of drug-likeness (QED) is 0.0668. The first-order valence-corrected chi connectivity index (χ1v) is 17.4. The Kier molecular flexibility index (Phi) is 19.4. The lowest BCUT2D eigenvalue weighted by atomic mass is 10.0. The number of esters is 2. The molecule has 3 amide bonds. The van der Waals surface area contributed by atoms with Crippen LogP contribution in [0.25, 0.3) is 0 Å². The van der Waals surface area contributed by atoms with Crippen molar-refractivity contribution in [1.29, 1.82) is 0 Å². The summed E-state index contributed by atoms with van der Waals surface area (Å²) in [5.41, 5.74) is -1.12. The van der Waals surface area contributed by atoms with E-state index in [0.29, 0.717) is 17.9 Å². The largest absolute Gasteiger partial charge is 0.460 e. The van der Waals surface area contributed by atoms with Crippen LogP contribution in [-0.4, -0.2) is 69.9 Å². The van der Waals surface area contributed by atoms with E-state index in [1.807, 2.05) is 20.8 Å². The van der Waals surface area contributed by atoms with E-state index < -0.39 is 35.0 Å². The number of hydroxylamine groups is 2. The molecule has 1 aliphatic heterocycles. The Balaban J connectivity index is 2.18. The Labute approximate surface area is 276 Å². The highest BCUT2D eigenvalue weighted by Gasteiger charge is 2.33. The summed E-state index contributed by atoms with van der Waals surface area (Å²) in [6, 6.07) is 0. The van der Waals surface area contributed by atoms with Gasteiger partial charge in [0.2, 0.25) is 5.91 Å². The van der Waals surface area contributed by atoms with Gasteiger partial charge < -0.3 is 19.2 Å². The molecule has 1 rings (SSSR count). The smallest absolute Gasteiger partial charge is 0.334 e. The molecule has 1 aliphatic rings. The van der Waals surface area contributed by atoms with Gasteiger partial charge in [-0.1, -0.05) is 77.0 Å². The van der Waals surface area contributed by atoms with Crippen molar-refractivity contribution in [2.45, 2.75) is 175 Å². The normalized spacial score (nSPS) is 13.6. The van der Waals surface area contributed by atoms with Crippen LogP contribution in [0.5, 0.6) is 0 Å². The second kappa shape index (κ2) is 21.7. The Bertz CT molecular complexity index is 966. The Morgan fingerprint density at radius 3 is 1.39 bits per heavy atom. The van der Waals surface area contributed by atoms with Crippen LogP contribution in [0.15, 0.2) is 0 Å². The zero-order valence-corrected chi connectivity index (χ0v) is 29.4. The van der Waals surface area contributed by atoms with E-state index in [4.69, 9.17) is 14.3 Å². The van der Waals surface area contributed by atoms with E-state index in [1.54, 1.807) is 20.8 Å². The third-order valence-corrected chi connectivity index (χ3v) is 7.32. The number of rotatable bonds is 23. The van der Waals surface area contributed by atoms with Crippen LogP contribution in [0.1, 0.15) is 164 Å². The molecule has 46 heavy (non-hydrogen) atoms. The van der Waals surface area contributed by atoms with Crippen molar-refractivity contribution in [3.05, 3.63) is 0 Å². The Morgan fingerprint density at radius 1 is 0.565 bits per heavy atom. The van der Waals surface area contributed by atoms with Crippen molar-refractivity contribution in [2.75, 3.05) is 13.1 Å². The highest BCUT2D eigenvalue weighted by atomic mass is 16.7. The lowest BCUT2D eigenvalue weighted by molar-refractivity contribution is -0.197. The van der Waals surface area contributed by atoms with E-state index in [1.165, 1.54) is 56.3 Å². The van der Waals surface area contributed by atoms with Gasteiger partial charge in [-0.25, -0.2) is 4.79 Å². The second-order valence-corrected chi connectivity index (χ2v) is 14.2. The fourth-order valence-electron chi connectivity index (χ4n) is 5.07. The minimum atomic E-state index is -0.822. The molecule has 0 aromatic heterocycles. The molecular formula is C35H60N2O9. The van der Waals surface area contributed by atoms with Crippen LogP contribution in [0.3, 0.4) is 0 Å². The Hall–Kier alpha value is -2.98. The summed E-state index contributed by atoms with van der Waals surface area (Å²) in [6.07, 6.45) is 15.9. The predicted molar refractivity (Wildman–Crippen MR) is 174 cm³/mol. The molecule has 1 fully saturated rings. The van der Waals surface area contributed by atoms with Crippen molar-refractivity contribution in [3.63, 3.8) is 0 Å². The molecule has 0 spiro atoms. The van der Waals surface area contributed by atoms with Crippen molar-refractivity contribution in [1.82, 2.24) is 9.96 Å². The molecule has 0 radical (unpaired) electrons. The zero-order chi connectivity index (χ0) is 34.6. The predicted octanol–water partition coefficient (Wildman–Crippen LogP) is 6.74. The van der Waals surface area contributed by atoms with Crippen LogP contribution in [-0.2, 0) is 43.1 Å². The average Bonchev–Trinajstić information content (AvgIpc) is 3.25. The third kappa shape index (κ3) is 20.9. The minimum absolute atomic E-state index is 0.00271. The SMILES string of the molecule is CC(C)(C)OC(=O)CCCCCCCCCCCCCCCCC(=O)N(CCC(=O)ON1C(=O)CCC1=O)CC(=O)OC(C)(C)C. The summed E-state index contributed by atoms with van der Waals surface area (Å²) in [6.45, 7) is 10.5. The summed E-state index contributed by atoms with van der Waals surface area (Å²) in [7, 11) is 0. The number of carbonyl (C=O) groups excluding carboxylic acids is 6. The number of hydrogen-bond donors (Lipinski definition) is 0. The molecule has 1 saturated heterocycles. The molecular weight excluding hydrogens is 592 g/mol. The molecule has 0 atom stereocenters. The lowest BCUT2D eigenvalue weighted by Gasteiger charge is -2.25. The lowest BCUT2D eigenvalue weighted by Crippen LogP contribution is -2.40. The zero-order valence-electron chi connectivity index (χ0n) is 29.4. The summed E-state index contributed by atoms with van der Waals surface area (Å²) >= 11 is 0. The second-order valence-electron chi connectivity index (χ2n) is 14.2. The van der Waals surface area contributed by atoms with Gasteiger partial charge in [-0.05, 0) is 54.4 Å². The highest BCUT2D eigenvalue weighted by molar-refractivity contribution is 6.01. The van der Waals surface area contributed by atoms with Gasteiger partial charge in [0, 0.05) is 32.2 Å². The summed E-state index contributed by atoms with van der Waals surface area (Å²) < 4.78 is 10.7. The standard InChI is InChI=1S/C35H60N2O9/c1-34(2,3)44-31(41)22-20-18-16-14-12-10-8-7-9-11-13-15-17-19-21-28(38)36(27-33(43)45-35(4,5)6)26-25-32(42)46-37-29(39)23-24-30(37)40/h7-27H2,1-6H3. The van der Waals surface area contributed by atoms with Gasteiger partial charge in [0.15, 0.2) is 0 Å². The number of carbonyl (C=O) groups is 6. The average molecular weight is 653 g/mol. The van der Waals surface area contributed by atoms with Gasteiger partial charge in [0.25, 0.3) is 11.8 Å². The van der Waals surface area contributed by atoms with Crippen LogP contribution < -0.4 is 0 Å². The van der Waals surface area contributed by atoms with Gasteiger partial charge in [-0.2, -0.15) is 0 Å². The maximum absolute atomic E-state index is 12.9. The fraction of sp³-hybridized carbons (Fsp3) is 0.829. The topological polar surface area (TPSA) is 137 Å². The fourth-order valence-corrected chi connectivity index (χ4v) is 5.07. The molecule has 1 heterocycles. The number of imide groups is 1. The molecule has 264 valence electrons. The van der Waals surface area contributed by atoms with Crippen LogP contribution in [0, 0.1) is 0 Å². The van der Waals surface area contributed by atoms with E-state index in [0.717, 1.165) is 32.1 Å². The van der Waals surface area contributed by atoms with Gasteiger partial charge in [-0.3, -0.25) is 24.0 Å². The molecule has 0 bridgehead atoms. The van der Waals surface area contributed by atoms with E-state index in [-0.39, 0.29) is 50.6 Å². The molecule has 0 saturated carbocycles. The summed E-state index contributed by atoms with van der Waals surface area (Å²) in [5.74, 6) is -2.90. The molecule has 0 N–H and O–H groups in total. The maximum atomic E-state index is 12.9. The Morgan fingerprint density at radius 2 is 0.957 bits per heavy atom. The van der Waals surface area contributed by atoms with E-state index in [9.17, 15) is 28.8 Å². The number of nitrogens with zero attached hydrogens (tertiary/aromatic N) is 2. The van der Waals surface area contributed by atoms with Crippen LogP contribution >= 0.6 is 0 Å². The summed E-state index contributed by atoms with van der Waals surface area (Å²) in [5, 5.41) is 0.475. The number of hydrogen-bond acceptors (Lipinski definition) is 9. The molecule has 0 aliphatic carbocycles. The van der Waals surface area contributed by atoms with Gasteiger partial charge >= 0.3 is 17.9 Å². The van der Waals surface area contributed by atoms with Crippen LogP contribution in [0.2, 0.25) is 0 Å². The van der Waals surface area contributed by atoms with E-state index in [2.05, 4.69) is 0 Å². The van der Waals surface area contributed by atoms with E-state index >= 15 is 0 Å². The van der Waals surface area contributed by atoms with Crippen molar-refractivity contribution < 1.29 is 43.1 Å². The maximum Gasteiger partial charge on any atom is 0.334 e. The van der Waals surface area contributed by atoms with Gasteiger partial charge in [-0.15, -0.1) is 5.06 Å². The first kappa shape index (κ1) is 41.0. The first-order chi connectivity index (χ1) is 21.6. The van der Waals surface area contributed by atoms with Crippen LogP contribution in [0.4, 0.5) is 0 Å². The van der Waals surface area contributed by atoms with Gasteiger partial charge in [0.05, 0.1) is 6.42 Å². The summed E-state index contributed by atoms with van der Waals surface area (Å²) in [4.78, 5) is 78.9. The monoisotopic (exact) mass is 652 g/mol. The van der Waals surface area contributed by atoms with Crippen molar-refractivity contribution in [3.8, 4) is 0 Å². The third-order valence-electron chi connectivity index (χ3n) is 7.32. The molecule has 0 aromatic carbocycles. The first-order valence-electron chi connectivity index (χ1n) is 17.4. The van der Waals surface area contributed by atoms with Crippen molar-refractivity contribution >= 4 is 35.6 Å². The molecule has 11 heteroatoms. The molecule has 0 aromatic rings. The minimum Gasteiger partial charge on any atom is -0.460 e. The highest BCUT2D eigenvalue weighted by Crippen LogP contribution is 2.17.